The molecule has 102 valence electrons. The molecule has 20 heavy (non-hydrogen) atoms. The van der Waals surface area contributed by atoms with Gasteiger partial charge in [0, 0.05) is 6.20 Å². The van der Waals surface area contributed by atoms with Crippen molar-refractivity contribution in [1.82, 2.24) is 4.98 Å². The molecular formula is C13H10FN3O2S. The zero-order valence-electron chi connectivity index (χ0n) is 10.5. The van der Waals surface area contributed by atoms with Crippen LogP contribution in [0.2, 0.25) is 0 Å². The van der Waals surface area contributed by atoms with E-state index in [1.807, 2.05) is 0 Å². The number of anilines is 1. The van der Waals surface area contributed by atoms with Gasteiger partial charge in [-0.2, -0.15) is 5.26 Å². The van der Waals surface area contributed by atoms with Gasteiger partial charge in [0.2, 0.25) is 0 Å². The lowest BCUT2D eigenvalue weighted by molar-refractivity contribution is 0.600. The summed E-state index contributed by atoms with van der Waals surface area (Å²) in [6.45, 7) is 1.58. The summed E-state index contributed by atoms with van der Waals surface area (Å²) < 4.78 is 39.7. The van der Waals surface area contributed by atoms with Crippen molar-refractivity contribution in [2.24, 2.45) is 0 Å². The van der Waals surface area contributed by atoms with Crippen LogP contribution in [-0.4, -0.2) is 13.4 Å². The highest BCUT2D eigenvalue weighted by Crippen LogP contribution is 2.18. The minimum Gasteiger partial charge on any atom is -0.279 e. The van der Waals surface area contributed by atoms with E-state index in [1.54, 1.807) is 13.0 Å². The number of nitrogens with one attached hydrogen (secondary N) is 1. The summed E-state index contributed by atoms with van der Waals surface area (Å²) in [5.41, 5.74) is 0.663. The number of halogens is 1. The van der Waals surface area contributed by atoms with Crippen molar-refractivity contribution in [1.29, 1.82) is 5.26 Å². The van der Waals surface area contributed by atoms with Crippen LogP contribution in [0.25, 0.3) is 0 Å². The molecule has 0 aliphatic rings. The zero-order valence-corrected chi connectivity index (χ0v) is 11.3. The highest BCUT2D eigenvalue weighted by Gasteiger charge is 2.15. The van der Waals surface area contributed by atoms with Gasteiger partial charge in [-0.3, -0.25) is 4.72 Å². The Labute approximate surface area is 115 Å². The summed E-state index contributed by atoms with van der Waals surface area (Å²) >= 11 is 0. The molecule has 2 rings (SSSR count). The molecule has 1 aromatic heterocycles. The summed E-state index contributed by atoms with van der Waals surface area (Å²) in [6.07, 6.45) is 1.07. The number of pyridine rings is 1. The lowest BCUT2D eigenvalue weighted by Crippen LogP contribution is -2.13. The maximum atomic E-state index is 13.4. The van der Waals surface area contributed by atoms with Gasteiger partial charge in [-0.25, -0.2) is 17.8 Å². The maximum Gasteiger partial charge on any atom is 0.263 e. The predicted octanol–water partition coefficient (Wildman–Crippen LogP) is 2.20. The minimum atomic E-state index is -3.86. The van der Waals surface area contributed by atoms with Gasteiger partial charge in [-0.05, 0) is 36.8 Å². The fourth-order valence-electron chi connectivity index (χ4n) is 1.48. The smallest absolute Gasteiger partial charge is 0.263 e. The van der Waals surface area contributed by atoms with E-state index in [-0.39, 0.29) is 16.3 Å². The maximum absolute atomic E-state index is 13.4. The third-order valence-electron chi connectivity index (χ3n) is 2.59. The molecule has 0 atom stereocenters. The van der Waals surface area contributed by atoms with Crippen LogP contribution in [-0.2, 0) is 10.0 Å². The molecule has 1 heterocycles. The molecule has 0 bridgehead atoms. The van der Waals surface area contributed by atoms with E-state index in [0.29, 0.717) is 5.56 Å². The van der Waals surface area contributed by atoms with Crippen LogP contribution in [0, 0.1) is 24.1 Å². The van der Waals surface area contributed by atoms with Crippen molar-refractivity contribution in [2.75, 3.05) is 4.72 Å². The quantitative estimate of drug-likeness (QED) is 0.939. The Morgan fingerprint density at radius 3 is 2.60 bits per heavy atom. The van der Waals surface area contributed by atoms with E-state index in [9.17, 15) is 12.8 Å². The van der Waals surface area contributed by atoms with E-state index in [4.69, 9.17) is 5.26 Å². The van der Waals surface area contributed by atoms with Crippen LogP contribution in [0.4, 0.5) is 10.1 Å². The molecule has 1 N–H and O–H groups in total. The summed E-state index contributed by atoms with van der Waals surface area (Å²) in [7, 11) is -3.86. The average molecular weight is 291 g/mol. The third-order valence-corrected chi connectivity index (χ3v) is 3.95. The first-order chi connectivity index (χ1) is 9.42. The van der Waals surface area contributed by atoms with Crippen molar-refractivity contribution in [2.45, 2.75) is 11.8 Å². The van der Waals surface area contributed by atoms with E-state index in [1.165, 1.54) is 24.3 Å². The van der Waals surface area contributed by atoms with Gasteiger partial charge in [-0.1, -0.05) is 6.07 Å². The molecule has 5 nitrogen and oxygen atoms in total. The van der Waals surface area contributed by atoms with Gasteiger partial charge in [-0.15, -0.1) is 0 Å². The summed E-state index contributed by atoms with van der Waals surface area (Å²) in [6, 6.07) is 8.39. The van der Waals surface area contributed by atoms with Gasteiger partial charge < -0.3 is 0 Å². The normalized spacial score (nSPS) is 10.8. The highest BCUT2D eigenvalue weighted by atomic mass is 32.2. The third kappa shape index (κ3) is 2.92. The first kappa shape index (κ1) is 14.0. The summed E-state index contributed by atoms with van der Waals surface area (Å²) in [5, 5.41) is 8.60. The molecule has 0 amide bonds. The molecule has 0 saturated carbocycles. The van der Waals surface area contributed by atoms with E-state index in [2.05, 4.69) is 9.71 Å². The second-order valence-corrected chi connectivity index (χ2v) is 5.74. The van der Waals surface area contributed by atoms with Crippen LogP contribution in [0.1, 0.15) is 11.3 Å². The number of sulfonamides is 1. The number of aromatic nitrogens is 1. The number of aryl methyl sites for hydroxylation is 1. The Morgan fingerprint density at radius 2 is 2.05 bits per heavy atom. The fourth-order valence-corrected chi connectivity index (χ4v) is 2.47. The molecule has 2 aromatic rings. The Bertz CT molecular complexity index is 780. The van der Waals surface area contributed by atoms with E-state index < -0.39 is 15.8 Å². The van der Waals surface area contributed by atoms with Crippen LogP contribution < -0.4 is 4.72 Å². The van der Waals surface area contributed by atoms with Crippen molar-refractivity contribution in [3.63, 3.8) is 0 Å². The number of benzene rings is 1. The van der Waals surface area contributed by atoms with Gasteiger partial charge >= 0.3 is 0 Å². The molecule has 0 aliphatic carbocycles. The average Bonchev–Trinajstić information content (AvgIpc) is 2.43. The van der Waals surface area contributed by atoms with Gasteiger partial charge in [0.25, 0.3) is 10.0 Å². The molecule has 0 radical (unpaired) electrons. The number of nitriles is 1. The molecule has 0 spiro atoms. The van der Waals surface area contributed by atoms with Crippen LogP contribution in [0.15, 0.2) is 41.4 Å². The van der Waals surface area contributed by atoms with E-state index in [0.717, 1.165) is 12.3 Å². The number of hydrogen-bond acceptors (Lipinski definition) is 4. The minimum absolute atomic E-state index is 0.0996. The summed E-state index contributed by atoms with van der Waals surface area (Å²) in [5.74, 6) is -0.497. The van der Waals surface area contributed by atoms with Crippen molar-refractivity contribution >= 4 is 15.7 Å². The molecule has 0 aliphatic heterocycles. The van der Waals surface area contributed by atoms with Crippen LogP contribution >= 0.6 is 0 Å². The van der Waals surface area contributed by atoms with E-state index >= 15 is 0 Å². The Kier molecular flexibility index (Phi) is 3.68. The van der Waals surface area contributed by atoms with Gasteiger partial charge in [0.15, 0.2) is 0 Å². The first-order valence-corrected chi connectivity index (χ1v) is 7.06. The Balaban J connectivity index is 2.30. The Morgan fingerprint density at radius 1 is 1.30 bits per heavy atom. The number of hydrogen-bond donors (Lipinski definition) is 1. The molecule has 1 aromatic carbocycles. The standard InChI is InChI=1S/C13H10FN3O2S/c1-9-2-3-10(6-13(9)14)17-20(18,19)12-5-4-11(7-15)16-8-12/h2-6,8,17H,1H3. The van der Waals surface area contributed by atoms with Crippen molar-refractivity contribution < 1.29 is 12.8 Å². The molecule has 0 unspecified atom stereocenters. The highest BCUT2D eigenvalue weighted by molar-refractivity contribution is 7.92. The lowest BCUT2D eigenvalue weighted by atomic mass is 10.2. The summed E-state index contributed by atoms with van der Waals surface area (Å²) in [4.78, 5) is 3.58. The molecule has 0 saturated heterocycles. The first-order valence-electron chi connectivity index (χ1n) is 5.57. The van der Waals surface area contributed by atoms with Crippen molar-refractivity contribution in [3.8, 4) is 6.07 Å². The Hall–Kier alpha value is -2.46. The molecule has 0 fully saturated rings. The van der Waals surface area contributed by atoms with Gasteiger partial charge in [0.1, 0.15) is 22.5 Å². The van der Waals surface area contributed by atoms with Crippen molar-refractivity contribution in [3.05, 3.63) is 53.6 Å². The van der Waals surface area contributed by atoms with Crippen LogP contribution in [0.3, 0.4) is 0 Å². The van der Waals surface area contributed by atoms with Crippen LogP contribution in [0.5, 0.6) is 0 Å². The predicted molar refractivity (Wildman–Crippen MR) is 70.9 cm³/mol. The fraction of sp³-hybridized carbons (Fsp3) is 0.0769. The molecule has 7 heteroatoms. The monoisotopic (exact) mass is 291 g/mol. The second-order valence-electron chi connectivity index (χ2n) is 4.06. The SMILES string of the molecule is Cc1ccc(NS(=O)(=O)c2ccc(C#N)nc2)cc1F. The number of nitrogens with zero attached hydrogens (tertiary/aromatic N) is 2. The largest absolute Gasteiger partial charge is 0.279 e. The lowest BCUT2D eigenvalue weighted by Gasteiger charge is -2.08. The molecular weight excluding hydrogens is 281 g/mol. The topological polar surface area (TPSA) is 82.9 Å². The van der Waals surface area contributed by atoms with Gasteiger partial charge in [0.05, 0.1) is 5.69 Å². The zero-order chi connectivity index (χ0) is 14.8. The number of rotatable bonds is 3. The second kappa shape index (κ2) is 5.27.